The van der Waals surface area contributed by atoms with Crippen molar-refractivity contribution in [2.24, 2.45) is 0 Å². The number of anilines is 1. The van der Waals surface area contributed by atoms with Crippen molar-refractivity contribution < 1.29 is 12.8 Å². The molecule has 3 aromatic rings. The molecule has 2 aromatic carbocycles. The van der Waals surface area contributed by atoms with Crippen molar-refractivity contribution in [2.75, 3.05) is 12.4 Å². The Morgan fingerprint density at radius 3 is 2.46 bits per heavy atom. The van der Waals surface area contributed by atoms with Gasteiger partial charge in [0.25, 0.3) is 0 Å². The third-order valence-corrected chi connectivity index (χ3v) is 5.67. The summed E-state index contributed by atoms with van der Waals surface area (Å²) in [5.41, 5.74) is 1.99. The highest BCUT2D eigenvalue weighted by Crippen LogP contribution is 2.23. The quantitative estimate of drug-likeness (QED) is 0.615. The minimum Gasteiger partial charge on any atom is -0.366 e. The van der Waals surface area contributed by atoms with Gasteiger partial charge in [-0.05, 0) is 42.4 Å². The van der Waals surface area contributed by atoms with E-state index in [1.54, 1.807) is 18.2 Å². The largest absolute Gasteiger partial charge is 0.366 e. The summed E-state index contributed by atoms with van der Waals surface area (Å²) in [6.07, 6.45) is 0. The first kappa shape index (κ1) is 18.8. The van der Waals surface area contributed by atoms with Crippen molar-refractivity contribution in [2.45, 2.75) is 12.3 Å². The van der Waals surface area contributed by atoms with Gasteiger partial charge in [-0.1, -0.05) is 40.2 Å². The standard InChI is InChI=1S/C18H17BrFN3O2S/c1-21-26(24,25)11-13-4-2-12(3-5-13)10-22-17-7-6-14-8-15(19)9-16(20)18(14)23-17/h2-9,21H,10-11H2,1H3,(H,22,23). The highest BCUT2D eigenvalue weighted by Gasteiger charge is 2.09. The van der Waals surface area contributed by atoms with Gasteiger partial charge in [-0.3, -0.25) is 0 Å². The maximum atomic E-state index is 14.0. The Hall–Kier alpha value is -2.03. The van der Waals surface area contributed by atoms with Crippen LogP contribution in [0.5, 0.6) is 0 Å². The van der Waals surface area contributed by atoms with Gasteiger partial charge in [0.15, 0.2) is 5.82 Å². The molecule has 0 spiro atoms. The van der Waals surface area contributed by atoms with Gasteiger partial charge in [-0.15, -0.1) is 0 Å². The number of halogens is 2. The fourth-order valence-electron chi connectivity index (χ4n) is 2.49. The first-order valence-corrected chi connectivity index (χ1v) is 10.3. The molecule has 0 aliphatic carbocycles. The second-order valence-electron chi connectivity index (χ2n) is 5.79. The minimum absolute atomic E-state index is 0.0573. The summed E-state index contributed by atoms with van der Waals surface area (Å²) >= 11 is 3.27. The van der Waals surface area contributed by atoms with Crippen LogP contribution in [0.15, 0.2) is 53.0 Å². The van der Waals surface area contributed by atoms with Crippen LogP contribution >= 0.6 is 15.9 Å². The van der Waals surface area contributed by atoms with Crippen molar-refractivity contribution in [1.82, 2.24) is 9.71 Å². The Morgan fingerprint density at radius 2 is 1.77 bits per heavy atom. The lowest BCUT2D eigenvalue weighted by atomic mass is 10.1. The maximum Gasteiger partial charge on any atom is 0.215 e. The molecule has 0 atom stereocenters. The van der Waals surface area contributed by atoms with E-state index in [9.17, 15) is 12.8 Å². The van der Waals surface area contributed by atoms with E-state index < -0.39 is 10.0 Å². The number of benzene rings is 2. The van der Waals surface area contributed by atoms with E-state index in [4.69, 9.17) is 0 Å². The number of fused-ring (bicyclic) bond motifs is 1. The molecule has 3 rings (SSSR count). The number of pyridine rings is 1. The smallest absolute Gasteiger partial charge is 0.215 e. The van der Waals surface area contributed by atoms with E-state index in [-0.39, 0.29) is 11.6 Å². The van der Waals surface area contributed by atoms with Crippen molar-refractivity contribution >= 4 is 42.7 Å². The van der Waals surface area contributed by atoms with Crippen LogP contribution in [0.2, 0.25) is 0 Å². The average Bonchev–Trinajstić information content (AvgIpc) is 2.61. The Morgan fingerprint density at radius 1 is 1.08 bits per heavy atom. The van der Waals surface area contributed by atoms with Gasteiger partial charge < -0.3 is 5.32 Å². The lowest BCUT2D eigenvalue weighted by molar-refractivity contribution is 0.587. The van der Waals surface area contributed by atoms with Crippen molar-refractivity contribution in [3.8, 4) is 0 Å². The van der Waals surface area contributed by atoms with Crippen LogP contribution < -0.4 is 10.0 Å². The Kier molecular flexibility index (Phi) is 5.55. The van der Waals surface area contributed by atoms with Crippen molar-refractivity contribution in [3.05, 3.63) is 69.9 Å². The fraction of sp³-hybridized carbons (Fsp3) is 0.167. The molecule has 0 aliphatic heterocycles. The van der Waals surface area contributed by atoms with Crippen LogP contribution in [0.4, 0.5) is 10.2 Å². The van der Waals surface area contributed by atoms with Gasteiger partial charge in [-0.2, -0.15) is 0 Å². The zero-order valence-electron chi connectivity index (χ0n) is 14.0. The molecule has 0 radical (unpaired) electrons. The third kappa shape index (κ3) is 4.57. The second-order valence-corrected chi connectivity index (χ2v) is 8.63. The summed E-state index contributed by atoms with van der Waals surface area (Å²) in [6.45, 7) is 0.496. The molecule has 26 heavy (non-hydrogen) atoms. The molecule has 2 N–H and O–H groups in total. The van der Waals surface area contributed by atoms with Crippen molar-refractivity contribution in [3.63, 3.8) is 0 Å². The number of hydrogen-bond acceptors (Lipinski definition) is 4. The molecule has 136 valence electrons. The van der Waals surface area contributed by atoms with E-state index >= 15 is 0 Å². The first-order chi connectivity index (χ1) is 12.4. The minimum atomic E-state index is -3.28. The predicted octanol–water partition coefficient (Wildman–Crippen LogP) is 3.80. The van der Waals surface area contributed by atoms with Gasteiger partial charge in [0.1, 0.15) is 11.3 Å². The Labute approximate surface area is 159 Å². The molecule has 0 saturated heterocycles. The SMILES string of the molecule is CNS(=O)(=O)Cc1ccc(CNc2ccc3cc(Br)cc(F)c3n2)cc1. The number of aromatic nitrogens is 1. The summed E-state index contributed by atoms with van der Waals surface area (Å²) in [6, 6.07) is 14.1. The summed E-state index contributed by atoms with van der Waals surface area (Å²) in [4.78, 5) is 4.31. The Bertz CT molecular complexity index is 1040. The van der Waals surface area contributed by atoms with Crippen LogP contribution in [-0.4, -0.2) is 20.4 Å². The van der Waals surface area contributed by atoms with Gasteiger partial charge in [0, 0.05) is 16.4 Å². The molecular weight excluding hydrogens is 421 g/mol. The fourth-order valence-corrected chi connectivity index (χ4v) is 3.72. The van der Waals surface area contributed by atoms with E-state index in [1.807, 2.05) is 24.3 Å². The molecule has 1 heterocycles. The highest BCUT2D eigenvalue weighted by atomic mass is 79.9. The number of sulfonamides is 1. The number of hydrogen-bond donors (Lipinski definition) is 2. The predicted molar refractivity (Wildman–Crippen MR) is 105 cm³/mol. The number of nitrogens with one attached hydrogen (secondary N) is 2. The van der Waals surface area contributed by atoms with E-state index in [2.05, 4.69) is 31.0 Å². The molecular formula is C18H17BrFN3O2S. The number of nitrogens with zero attached hydrogens (tertiary/aromatic N) is 1. The molecule has 0 fully saturated rings. The van der Waals surface area contributed by atoms with Gasteiger partial charge in [-0.25, -0.2) is 22.5 Å². The topological polar surface area (TPSA) is 71.1 Å². The summed E-state index contributed by atoms with van der Waals surface area (Å²) in [7, 11) is -1.89. The van der Waals surface area contributed by atoms with Crippen molar-refractivity contribution in [1.29, 1.82) is 0 Å². The lowest BCUT2D eigenvalue weighted by Crippen LogP contribution is -2.20. The number of rotatable bonds is 6. The molecule has 1 aromatic heterocycles. The van der Waals surface area contributed by atoms with E-state index in [1.165, 1.54) is 13.1 Å². The Balaban J connectivity index is 1.70. The van der Waals surface area contributed by atoms with Gasteiger partial charge >= 0.3 is 0 Å². The lowest BCUT2D eigenvalue weighted by Gasteiger charge is -2.09. The maximum absolute atomic E-state index is 14.0. The summed E-state index contributed by atoms with van der Waals surface area (Å²) in [5, 5.41) is 3.87. The highest BCUT2D eigenvalue weighted by molar-refractivity contribution is 9.10. The van der Waals surface area contributed by atoms with Crippen LogP contribution in [0.3, 0.4) is 0 Å². The van der Waals surface area contributed by atoms with Gasteiger partial charge in [0.05, 0.1) is 5.75 Å². The first-order valence-electron chi connectivity index (χ1n) is 7.85. The third-order valence-electron chi connectivity index (χ3n) is 3.87. The normalized spacial score (nSPS) is 11.7. The van der Waals surface area contributed by atoms with Gasteiger partial charge in [0.2, 0.25) is 10.0 Å². The monoisotopic (exact) mass is 437 g/mol. The molecule has 0 saturated carbocycles. The second kappa shape index (κ2) is 7.69. The summed E-state index contributed by atoms with van der Waals surface area (Å²) in [5.74, 6) is 0.131. The zero-order chi connectivity index (χ0) is 18.7. The molecule has 5 nitrogen and oxygen atoms in total. The van der Waals surface area contributed by atoms with E-state index in [0.717, 1.165) is 10.9 Å². The molecule has 0 amide bonds. The van der Waals surface area contributed by atoms with Crippen LogP contribution in [0, 0.1) is 5.82 Å². The van der Waals surface area contributed by atoms with E-state index in [0.29, 0.717) is 27.9 Å². The molecule has 0 unspecified atom stereocenters. The molecule has 0 aliphatic rings. The zero-order valence-corrected chi connectivity index (χ0v) is 16.4. The van der Waals surface area contributed by atoms with Crippen LogP contribution in [0.1, 0.15) is 11.1 Å². The summed E-state index contributed by atoms with van der Waals surface area (Å²) < 4.78 is 40.1. The van der Waals surface area contributed by atoms with Crippen LogP contribution in [0.25, 0.3) is 10.9 Å². The molecule has 0 bridgehead atoms. The molecule has 8 heteroatoms. The van der Waals surface area contributed by atoms with Crippen LogP contribution in [-0.2, 0) is 22.3 Å². The average molecular weight is 438 g/mol.